The van der Waals surface area contributed by atoms with Gasteiger partial charge in [-0.2, -0.15) is 0 Å². The lowest BCUT2D eigenvalue weighted by atomic mass is 9.87. The number of aryl methyl sites for hydroxylation is 1. The smallest absolute Gasteiger partial charge is 0.125 e. The monoisotopic (exact) mass is 363 g/mol. The summed E-state index contributed by atoms with van der Waals surface area (Å²) in [6.45, 7) is 5.29. The van der Waals surface area contributed by atoms with Crippen molar-refractivity contribution in [3.05, 3.63) is 23.8 Å². The van der Waals surface area contributed by atoms with Gasteiger partial charge in [-0.25, -0.2) is 0 Å². The molecule has 0 bridgehead atoms. The Morgan fingerprint density at radius 3 is 2.65 bits per heavy atom. The fourth-order valence-corrected chi connectivity index (χ4v) is 3.39. The van der Waals surface area contributed by atoms with E-state index in [-0.39, 0.29) is 6.61 Å². The molecular formula is C22H37NO3. The average Bonchev–Trinajstić information content (AvgIpc) is 3.43. The molecule has 1 fully saturated rings. The summed E-state index contributed by atoms with van der Waals surface area (Å²) in [5.41, 5.74) is 7.06. The lowest BCUT2D eigenvalue weighted by Gasteiger charge is -2.27. The zero-order valence-corrected chi connectivity index (χ0v) is 16.8. The van der Waals surface area contributed by atoms with Gasteiger partial charge in [0.05, 0.1) is 20.3 Å². The second kappa shape index (κ2) is 10.2. The van der Waals surface area contributed by atoms with Gasteiger partial charge in [0.15, 0.2) is 0 Å². The molecule has 0 amide bonds. The van der Waals surface area contributed by atoms with Crippen LogP contribution in [-0.4, -0.2) is 31.0 Å². The van der Waals surface area contributed by atoms with Crippen LogP contribution in [0.25, 0.3) is 0 Å². The number of aliphatic hydroxyl groups is 1. The van der Waals surface area contributed by atoms with Crippen molar-refractivity contribution in [3.8, 4) is 11.5 Å². The largest absolute Gasteiger partial charge is 0.496 e. The van der Waals surface area contributed by atoms with Gasteiger partial charge in [-0.3, -0.25) is 0 Å². The predicted octanol–water partition coefficient (Wildman–Crippen LogP) is 4.32. The van der Waals surface area contributed by atoms with Crippen molar-refractivity contribution in [2.45, 2.75) is 70.8 Å². The van der Waals surface area contributed by atoms with Crippen LogP contribution in [0.4, 0.5) is 0 Å². The Hall–Kier alpha value is -1.26. The molecule has 0 saturated heterocycles. The van der Waals surface area contributed by atoms with E-state index in [2.05, 4.69) is 19.9 Å². The van der Waals surface area contributed by atoms with Gasteiger partial charge in [-0.05, 0) is 55.6 Å². The molecule has 26 heavy (non-hydrogen) atoms. The van der Waals surface area contributed by atoms with E-state index in [4.69, 9.17) is 15.2 Å². The molecule has 0 radical (unpaired) electrons. The van der Waals surface area contributed by atoms with E-state index in [1.165, 1.54) is 25.7 Å². The maximum absolute atomic E-state index is 9.71. The molecule has 1 aliphatic rings. The minimum absolute atomic E-state index is 0.0450. The van der Waals surface area contributed by atoms with Crippen LogP contribution >= 0.6 is 0 Å². The van der Waals surface area contributed by atoms with Gasteiger partial charge >= 0.3 is 0 Å². The zero-order valence-electron chi connectivity index (χ0n) is 16.8. The molecule has 4 nitrogen and oxygen atoms in total. The minimum Gasteiger partial charge on any atom is -0.496 e. The topological polar surface area (TPSA) is 64.7 Å². The first-order valence-electron chi connectivity index (χ1n) is 10.2. The standard InChI is InChI=1S/C22H37NO3/c1-17(2)6-4-5-13-26-20-10-9-19(21(14-20)25-3)11-12-22(23,16-24)15-18-7-8-18/h9-10,14,17-18,24H,4-8,11-13,15-16,23H2,1-3H3/t22-/m0/s1. The molecule has 4 heteroatoms. The van der Waals surface area contributed by atoms with Crippen molar-refractivity contribution in [2.24, 2.45) is 17.6 Å². The third-order valence-electron chi connectivity index (χ3n) is 5.30. The molecule has 0 unspecified atom stereocenters. The summed E-state index contributed by atoms with van der Waals surface area (Å²) in [7, 11) is 1.69. The van der Waals surface area contributed by atoms with Crippen molar-refractivity contribution in [1.82, 2.24) is 0 Å². The van der Waals surface area contributed by atoms with Crippen LogP contribution in [0.3, 0.4) is 0 Å². The third-order valence-corrected chi connectivity index (χ3v) is 5.30. The van der Waals surface area contributed by atoms with E-state index in [0.717, 1.165) is 55.3 Å². The summed E-state index contributed by atoms with van der Waals surface area (Å²) in [5, 5.41) is 9.71. The lowest BCUT2D eigenvalue weighted by molar-refractivity contribution is 0.172. The van der Waals surface area contributed by atoms with Crippen molar-refractivity contribution in [3.63, 3.8) is 0 Å². The molecule has 0 spiro atoms. The fourth-order valence-electron chi connectivity index (χ4n) is 3.39. The van der Waals surface area contributed by atoms with Crippen molar-refractivity contribution in [1.29, 1.82) is 0 Å². The highest BCUT2D eigenvalue weighted by molar-refractivity contribution is 5.41. The first kappa shape index (κ1) is 21.0. The van der Waals surface area contributed by atoms with Crippen molar-refractivity contribution in [2.75, 3.05) is 20.3 Å². The van der Waals surface area contributed by atoms with Crippen LogP contribution in [0.5, 0.6) is 11.5 Å². The van der Waals surface area contributed by atoms with Gasteiger partial charge in [0.1, 0.15) is 11.5 Å². The van der Waals surface area contributed by atoms with Crippen LogP contribution in [-0.2, 0) is 6.42 Å². The zero-order chi connectivity index (χ0) is 19.0. The number of hydrogen-bond acceptors (Lipinski definition) is 4. The summed E-state index contributed by atoms with van der Waals surface area (Å²) >= 11 is 0. The molecule has 148 valence electrons. The number of hydrogen-bond donors (Lipinski definition) is 2. The summed E-state index contributed by atoms with van der Waals surface area (Å²) in [4.78, 5) is 0. The highest BCUT2D eigenvalue weighted by Crippen LogP contribution is 2.37. The molecule has 3 N–H and O–H groups in total. The maximum atomic E-state index is 9.71. The Balaban J connectivity index is 1.84. The van der Waals surface area contributed by atoms with E-state index in [0.29, 0.717) is 5.92 Å². The van der Waals surface area contributed by atoms with Gasteiger partial charge in [0.25, 0.3) is 0 Å². The van der Waals surface area contributed by atoms with Crippen LogP contribution < -0.4 is 15.2 Å². The molecular weight excluding hydrogens is 326 g/mol. The molecule has 1 aromatic carbocycles. The molecule has 1 aliphatic carbocycles. The molecule has 0 aliphatic heterocycles. The Kier molecular flexibility index (Phi) is 8.23. The third kappa shape index (κ3) is 7.16. The fraction of sp³-hybridized carbons (Fsp3) is 0.727. The molecule has 1 aromatic rings. The van der Waals surface area contributed by atoms with E-state index in [9.17, 15) is 5.11 Å². The Morgan fingerprint density at radius 2 is 2.04 bits per heavy atom. The normalized spacial score (nSPS) is 16.5. The van der Waals surface area contributed by atoms with Crippen molar-refractivity contribution >= 4 is 0 Å². The van der Waals surface area contributed by atoms with Gasteiger partial charge in [0, 0.05) is 11.6 Å². The highest BCUT2D eigenvalue weighted by Gasteiger charge is 2.33. The van der Waals surface area contributed by atoms with E-state index < -0.39 is 5.54 Å². The summed E-state index contributed by atoms with van der Waals surface area (Å²) < 4.78 is 11.4. The van der Waals surface area contributed by atoms with E-state index in [1.54, 1.807) is 7.11 Å². The number of rotatable bonds is 13. The van der Waals surface area contributed by atoms with E-state index >= 15 is 0 Å². The number of ether oxygens (including phenoxy) is 2. The maximum Gasteiger partial charge on any atom is 0.125 e. The van der Waals surface area contributed by atoms with Gasteiger partial charge in [-0.1, -0.05) is 39.2 Å². The highest BCUT2D eigenvalue weighted by atomic mass is 16.5. The number of methoxy groups -OCH3 is 1. The molecule has 0 aromatic heterocycles. The molecule has 1 atom stereocenters. The number of benzene rings is 1. The average molecular weight is 364 g/mol. The van der Waals surface area contributed by atoms with Gasteiger partial charge in [-0.15, -0.1) is 0 Å². The Morgan fingerprint density at radius 1 is 1.27 bits per heavy atom. The summed E-state index contributed by atoms with van der Waals surface area (Å²) in [5.74, 6) is 3.16. The second-order valence-corrected chi connectivity index (χ2v) is 8.38. The lowest BCUT2D eigenvalue weighted by Crippen LogP contribution is -2.44. The van der Waals surface area contributed by atoms with Gasteiger partial charge in [0.2, 0.25) is 0 Å². The summed E-state index contributed by atoms with van der Waals surface area (Å²) in [6.07, 6.45) is 8.54. The van der Waals surface area contributed by atoms with Crippen molar-refractivity contribution < 1.29 is 14.6 Å². The van der Waals surface area contributed by atoms with Crippen LogP contribution in [0.1, 0.15) is 64.4 Å². The van der Waals surface area contributed by atoms with Crippen LogP contribution in [0, 0.1) is 11.8 Å². The number of aliphatic hydroxyl groups excluding tert-OH is 1. The van der Waals surface area contributed by atoms with Crippen LogP contribution in [0.15, 0.2) is 18.2 Å². The molecule has 2 rings (SSSR count). The number of unbranched alkanes of at least 4 members (excludes halogenated alkanes) is 1. The Labute approximate surface area is 159 Å². The first-order chi connectivity index (χ1) is 12.5. The minimum atomic E-state index is -0.474. The first-order valence-corrected chi connectivity index (χ1v) is 10.2. The van der Waals surface area contributed by atoms with E-state index in [1.807, 2.05) is 12.1 Å². The quantitative estimate of drug-likeness (QED) is 0.512. The molecule has 1 saturated carbocycles. The summed E-state index contributed by atoms with van der Waals surface area (Å²) in [6, 6.07) is 6.05. The van der Waals surface area contributed by atoms with Crippen LogP contribution in [0.2, 0.25) is 0 Å². The SMILES string of the molecule is COc1cc(OCCCCC(C)C)ccc1CC[C@@](N)(CO)CC1CC1. The second-order valence-electron chi connectivity index (χ2n) is 8.38. The number of nitrogens with two attached hydrogens (primary N) is 1. The Bertz CT molecular complexity index is 542. The van der Waals surface area contributed by atoms with Gasteiger partial charge < -0.3 is 20.3 Å². The predicted molar refractivity (Wildman–Crippen MR) is 107 cm³/mol. The molecule has 0 heterocycles.